The predicted molar refractivity (Wildman–Crippen MR) is 76.5 cm³/mol. The van der Waals surface area contributed by atoms with Crippen molar-refractivity contribution in [3.63, 3.8) is 0 Å². The molecule has 0 saturated heterocycles. The lowest BCUT2D eigenvalue weighted by molar-refractivity contribution is -0.191. The van der Waals surface area contributed by atoms with Crippen molar-refractivity contribution >= 4 is 11.6 Å². The molecule has 0 fully saturated rings. The number of hydrogen-bond acceptors (Lipinski definition) is 3. The van der Waals surface area contributed by atoms with Crippen LogP contribution in [0.5, 0.6) is 5.75 Å². The molecule has 122 valence electrons. The van der Waals surface area contributed by atoms with E-state index in [1.165, 1.54) is 7.11 Å². The Bertz CT molecular complexity index is 597. The minimum Gasteiger partial charge on any atom is -0.495 e. The molecule has 0 unspecified atom stereocenters. The van der Waals surface area contributed by atoms with Gasteiger partial charge in [-0.05, 0) is 49.9 Å². The molecule has 0 atom stereocenters. The number of anilines is 1. The fraction of sp³-hybridized carbons (Fsp3) is 0.533. The van der Waals surface area contributed by atoms with Gasteiger partial charge in [-0.2, -0.15) is 13.2 Å². The molecule has 1 aromatic rings. The molecule has 22 heavy (non-hydrogen) atoms. The van der Waals surface area contributed by atoms with Gasteiger partial charge in [-0.15, -0.1) is 0 Å². The minimum atomic E-state index is -4.89. The van der Waals surface area contributed by atoms with E-state index in [4.69, 9.17) is 10.5 Å². The number of carbonyl (C=O) groups excluding carboxylic acids is 1. The van der Waals surface area contributed by atoms with Gasteiger partial charge in [-0.1, -0.05) is 0 Å². The second-order valence-electron chi connectivity index (χ2n) is 5.87. The third-order valence-electron chi connectivity index (χ3n) is 4.10. The molecule has 1 amide bonds. The third-order valence-corrected chi connectivity index (χ3v) is 4.10. The highest BCUT2D eigenvalue weighted by Gasteiger charge is 2.48. The molecule has 1 aromatic carbocycles. The number of fused-ring (bicyclic) bond motifs is 1. The second kappa shape index (κ2) is 5.37. The van der Waals surface area contributed by atoms with Gasteiger partial charge in [0.15, 0.2) is 0 Å². The standard InChI is InChI=1S/C15H19F3N2O2/c1-14(2)10-8-12(22-3)11(19)7-9(10)5-4-6-20(14)13(21)15(16,17)18/h7-8H,4-6,19H2,1-3H3. The van der Waals surface area contributed by atoms with E-state index in [1.807, 2.05) is 0 Å². The number of halogens is 3. The molecule has 1 aliphatic rings. The smallest absolute Gasteiger partial charge is 0.471 e. The van der Waals surface area contributed by atoms with Crippen LogP contribution in [0.2, 0.25) is 0 Å². The van der Waals surface area contributed by atoms with Crippen LogP contribution in [-0.4, -0.2) is 30.6 Å². The molecule has 0 aromatic heterocycles. The fourth-order valence-corrected chi connectivity index (χ4v) is 2.96. The number of methoxy groups -OCH3 is 1. The van der Waals surface area contributed by atoms with Gasteiger partial charge in [0.2, 0.25) is 0 Å². The first-order valence-electron chi connectivity index (χ1n) is 6.94. The van der Waals surface area contributed by atoms with Gasteiger partial charge in [-0.25, -0.2) is 0 Å². The van der Waals surface area contributed by atoms with Crippen LogP contribution in [0.4, 0.5) is 18.9 Å². The Kier molecular flexibility index (Phi) is 4.02. The zero-order valence-electron chi connectivity index (χ0n) is 12.8. The summed E-state index contributed by atoms with van der Waals surface area (Å²) in [7, 11) is 1.44. The van der Waals surface area contributed by atoms with Crippen molar-refractivity contribution in [2.75, 3.05) is 19.4 Å². The number of nitrogen functional groups attached to an aromatic ring is 1. The molecule has 0 aliphatic carbocycles. The summed E-state index contributed by atoms with van der Waals surface area (Å²) < 4.78 is 43.7. The fourth-order valence-electron chi connectivity index (χ4n) is 2.96. The number of aryl methyl sites for hydroxylation is 1. The highest BCUT2D eigenvalue weighted by molar-refractivity contribution is 5.83. The zero-order chi connectivity index (χ0) is 16.7. The van der Waals surface area contributed by atoms with Gasteiger partial charge in [0.05, 0.1) is 18.3 Å². The summed E-state index contributed by atoms with van der Waals surface area (Å²) >= 11 is 0. The summed E-state index contributed by atoms with van der Waals surface area (Å²) in [6.45, 7) is 3.26. The summed E-state index contributed by atoms with van der Waals surface area (Å²) in [5.74, 6) is -1.42. The second-order valence-corrected chi connectivity index (χ2v) is 5.87. The van der Waals surface area contributed by atoms with Gasteiger partial charge < -0.3 is 15.4 Å². The van der Waals surface area contributed by atoms with E-state index in [-0.39, 0.29) is 6.54 Å². The van der Waals surface area contributed by atoms with Crippen LogP contribution in [0, 0.1) is 0 Å². The SMILES string of the molecule is COc1cc2c(cc1N)CCCN(C(=O)C(F)(F)F)C2(C)C. The van der Waals surface area contributed by atoms with Crippen molar-refractivity contribution in [3.8, 4) is 5.75 Å². The Labute approximate surface area is 127 Å². The average molecular weight is 316 g/mol. The summed E-state index contributed by atoms with van der Waals surface area (Å²) in [4.78, 5) is 12.6. The maximum absolute atomic E-state index is 12.9. The van der Waals surface area contributed by atoms with Gasteiger partial charge in [0, 0.05) is 6.54 Å². The van der Waals surface area contributed by atoms with Crippen LogP contribution in [0.15, 0.2) is 12.1 Å². The summed E-state index contributed by atoms with van der Waals surface area (Å²) in [6.07, 6.45) is -3.88. The van der Waals surface area contributed by atoms with Crippen molar-refractivity contribution in [2.24, 2.45) is 0 Å². The van der Waals surface area contributed by atoms with E-state index >= 15 is 0 Å². The number of ether oxygens (including phenoxy) is 1. The van der Waals surface area contributed by atoms with E-state index in [0.29, 0.717) is 29.8 Å². The number of amides is 1. The molecule has 0 saturated carbocycles. The molecule has 1 heterocycles. The monoisotopic (exact) mass is 316 g/mol. The topological polar surface area (TPSA) is 55.6 Å². The zero-order valence-corrected chi connectivity index (χ0v) is 12.8. The Balaban J connectivity index is 2.56. The Morgan fingerprint density at radius 2 is 2.00 bits per heavy atom. The lowest BCUT2D eigenvalue weighted by atomic mass is 9.87. The van der Waals surface area contributed by atoms with E-state index in [1.54, 1.807) is 26.0 Å². The van der Waals surface area contributed by atoms with Crippen LogP contribution in [-0.2, 0) is 16.8 Å². The molecule has 2 N–H and O–H groups in total. The van der Waals surface area contributed by atoms with Crippen molar-refractivity contribution < 1.29 is 22.7 Å². The number of nitrogens with two attached hydrogens (primary N) is 1. The Morgan fingerprint density at radius 1 is 1.36 bits per heavy atom. The molecular weight excluding hydrogens is 297 g/mol. The summed E-state index contributed by atoms with van der Waals surface area (Å²) in [5, 5.41) is 0. The lowest BCUT2D eigenvalue weighted by Gasteiger charge is -2.38. The Hall–Kier alpha value is -1.92. The van der Waals surface area contributed by atoms with Crippen molar-refractivity contribution in [1.29, 1.82) is 0 Å². The number of carbonyl (C=O) groups is 1. The number of rotatable bonds is 1. The number of alkyl halides is 3. The Morgan fingerprint density at radius 3 is 2.55 bits per heavy atom. The number of nitrogens with zero attached hydrogens (tertiary/aromatic N) is 1. The average Bonchev–Trinajstić information content (AvgIpc) is 2.52. The highest BCUT2D eigenvalue weighted by Crippen LogP contribution is 2.40. The molecule has 1 aliphatic heterocycles. The van der Waals surface area contributed by atoms with Crippen LogP contribution in [0.25, 0.3) is 0 Å². The maximum atomic E-state index is 12.9. The highest BCUT2D eigenvalue weighted by atomic mass is 19.4. The molecule has 0 bridgehead atoms. The first-order chi connectivity index (χ1) is 10.1. The van der Waals surface area contributed by atoms with Gasteiger partial charge >= 0.3 is 12.1 Å². The maximum Gasteiger partial charge on any atom is 0.471 e. The van der Waals surface area contributed by atoms with E-state index in [2.05, 4.69) is 0 Å². The van der Waals surface area contributed by atoms with Crippen molar-refractivity contribution in [3.05, 3.63) is 23.3 Å². The van der Waals surface area contributed by atoms with Crippen LogP contribution >= 0.6 is 0 Å². The van der Waals surface area contributed by atoms with Gasteiger partial charge in [0.25, 0.3) is 0 Å². The van der Waals surface area contributed by atoms with E-state index in [9.17, 15) is 18.0 Å². The minimum absolute atomic E-state index is 0.0439. The molecule has 0 spiro atoms. The van der Waals surface area contributed by atoms with Crippen LogP contribution < -0.4 is 10.5 Å². The van der Waals surface area contributed by atoms with Crippen molar-refractivity contribution in [1.82, 2.24) is 4.90 Å². The largest absolute Gasteiger partial charge is 0.495 e. The molecule has 4 nitrogen and oxygen atoms in total. The first-order valence-corrected chi connectivity index (χ1v) is 6.94. The number of benzene rings is 1. The first kappa shape index (κ1) is 16.5. The molecule has 7 heteroatoms. The van der Waals surface area contributed by atoms with Gasteiger partial charge in [0.1, 0.15) is 5.75 Å². The van der Waals surface area contributed by atoms with Crippen LogP contribution in [0.1, 0.15) is 31.4 Å². The van der Waals surface area contributed by atoms with E-state index < -0.39 is 17.6 Å². The van der Waals surface area contributed by atoms with Gasteiger partial charge in [-0.3, -0.25) is 4.79 Å². The molecular formula is C15H19F3N2O2. The summed E-state index contributed by atoms with van der Waals surface area (Å²) in [6, 6.07) is 3.35. The summed E-state index contributed by atoms with van der Waals surface area (Å²) in [5.41, 5.74) is 6.69. The predicted octanol–water partition coefficient (Wildman–Crippen LogP) is 2.85. The number of hydrogen-bond donors (Lipinski definition) is 1. The third kappa shape index (κ3) is 2.71. The van der Waals surface area contributed by atoms with Crippen LogP contribution in [0.3, 0.4) is 0 Å². The molecule has 2 rings (SSSR count). The van der Waals surface area contributed by atoms with E-state index in [0.717, 1.165) is 10.5 Å². The molecule has 0 radical (unpaired) electrons. The normalized spacial score (nSPS) is 17.6. The van der Waals surface area contributed by atoms with Crippen molar-refractivity contribution in [2.45, 2.75) is 38.4 Å². The lowest BCUT2D eigenvalue weighted by Crippen LogP contribution is -2.50. The quantitative estimate of drug-likeness (QED) is 0.811.